The summed E-state index contributed by atoms with van der Waals surface area (Å²) in [6.45, 7) is 4.92. The van der Waals surface area contributed by atoms with Crippen molar-refractivity contribution in [1.29, 1.82) is 0 Å². The summed E-state index contributed by atoms with van der Waals surface area (Å²) in [4.78, 5) is 13.7. The first kappa shape index (κ1) is 12.7. The van der Waals surface area contributed by atoms with Crippen molar-refractivity contribution in [2.24, 2.45) is 5.92 Å². The van der Waals surface area contributed by atoms with Gasteiger partial charge in [0.15, 0.2) is 0 Å². The van der Waals surface area contributed by atoms with E-state index in [-0.39, 0.29) is 5.91 Å². The molecule has 0 aromatic carbocycles. The zero-order valence-corrected chi connectivity index (χ0v) is 11.5. The van der Waals surface area contributed by atoms with E-state index in [9.17, 15) is 4.79 Å². The van der Waals surface area contributed by atoms with Crippen molar-refractivity contribution in [3.63, 3.8) is 0 Å². The molecule has 1 heterocycles. The Bertz CT molecular complexity index is 324. The van der Waals surface area contributed by atoms with Crippen LogP contribution in [0.3, 0.4) is 0 Å². The highest BCUT2D eigenvalue weighted by Gasteiger charge is 2.09. The number of hydrogen-bond donors (Lipinski definition) is 1. The van der Waals surface area contributed by atoms with Gasteiger partial charge in [0.05, 0.1) is 4.88 Å². The van der Waals surface area contributed by atoms with E-state index in [4.69, 9.17) is 0 Å². The Kier molecular flexibility index (Phi) is 5.32. The fourth-order valence-electron chi connectivity index (χ4n) is 1.10. The Morgan fingerprint density at radius 3 is 2.87 bits per heavy atom. The van der Waals surface area contributed by atoms with E-state index in [0.717, 1.165) is 23.2 Å². The standard InChI is InChI=1S/C11H16BrNOS/c1-3-9-4-5-10(15-9)11(14)13-7-8(2)6-12/h4-5,8H,3,6-7H2,1-2H3,(H,13,14). The Hall–Kier alpha value is -0.350. The molecule has 1 aromatic rings. The maximum Gasteiger partial charge on any atom is 0.261 e. The normalized spacial score (nSPS) is 12.5. The third-order valence-corrected chi connectivity index (χ3v) is 4.44. The van der Waals surface area contributed by atoms with Gasteiger partial charge in [0.25, 0.3) is 5.91 Å². The first-order valence-corrected chi connectivity index (χ1v) is 7.04. The highest BCUT2D eigenvalue weighted by Crippen LogP contribution is 2.16. The molecule has 1 rings (SSSR count). The molecule has 2 nitrogen and oxygen atoms in total. The lowest BCUT2D eigenvalue weighted by Crippen LogP contribution is -2.28. The molecule has 1 atom stereocenters. The number of rotatable bonds is 5. The van der Waals surface area contributed by atoms with Crippen LogP contribution in [0.25, 0.3) is 0 Å². The zero-order chi connectivity index (χ0) is 11.3. The smallest absolute Gasteiger partial charge is 0.261 e. The van der Waals surface area contributed by atoms with Crippen LogP contribution in [0.5, 0.6) is 0 Å². The van der Waals surface area contributed by atoms with Crippen LogP contribution in [0.2, 0.25) is 0 Å². The van der Waals surface area contributed by atoms with Crippen molar-refractivity contribution >= 4 is 33.2 Å². The summed E-state index contributed by atoms with van der Waals surface area (Å²) in [6, 6.07) is 3.92. The number of nitrogens with one attached hydrogen (secondary N) is 1. The molecule has 0 aliphatic rings. The Morgan fingerprint density at radius 1 is 1.60 bits per heavy atom. The summed E-state index contributed by atoms with van der Waals surface area (Å²) in [5.74, 6) is 0.520. The monoisotopic (exact) mass is 289 g/mol. The van der Waals surface area contributed by atoms with Gasteiger partial charge in [-0.25, -0.2) is 0 Å². The van der Waals surface area contributed by atoms with E-state index >= 15 is 0 Å². The van der Waals surface area contributed by atoms with E-state index in [0.29, 0.717) is 5.92 Å². The van der Waals surface area contributed by atoms with Gasteiger partial charge in [-0.2, -0.15) is 0 Å². The minimum atomic E-state index is 0.0486. The van der Waals surface area contributed by atoms with Crippen LogP contribution in [0.1, 0.15) is 28.4 Å². The second-order valence-corrected chi connectivity index (χ2v) is 5.40. The Balaban J connectivity index is 2.46. The highest BCUT2D eigenvalue weighted by molar-refractivity contribution is 9.09. The molecule has 0 spiro atoms. The lowest BCUT2D eigenvalue weighted by Gasteiger charge is -2.08. The van der Waals surface area contributed by atoms with Crippen molar-refractivity contribution in [1.82, 2.24) is 5.32 Å². The molecule has 0 saturated heterocycles. The molecule has 0 fully saturated rings. The molecule has 0 saturated carbocycles. The van der Waals surface area contributed by atoms with E-state index < -0.39 is 0 Å². The molecule has 1 unspecified atom stereocenters. The minimum absolute atomic E-state index is 0.0486. The lowest BCUT2D eigenvalue weighted by molar-refractivity contribution is 0.0953. The summed E-state index contributed by atoms with van der Waals surface area (Å²) < 4.78 is 0. The second kappa shape index (κ2) is 6.28. The number of thiophene rings is 1. The van der Waals surface area contributed by atoms with E-state index in [1.54, 1.807) is 11.3 Å². The summed E-state index contributed by atoms with van der Waals surface area (Å²) in [5.41, 5.74) is 0. The van der Waals surface area contributed by atoms with Crippen LogP contribution >= 0.6 is 27.3 Å². The van der Waals surface area contributed by atoms with Crippen LogP contribution in [0, 0.1) is 5.92 Å². The quantitative estimate of drug-likeness (QED) is 0.830. The summed E-state index contributed by atoms with van der Waals surface area (Å²) >= 11 is 4.96. The molecular formula is C11H16BrNOS. The summed E-state index contributed by atoms with van der Waals surface area (Å²) in [7, 11) is 0. The van der Waals surface area contributed by atoms with E-state index in [1.165, 1.54) is 4.88 Å². The Morgan fingerprint density at radius 2 is 2.33 bits per heavy atom. The summed E-state index contributed by atoms with van der Waals surface area (Å²) in [6.07, 6.45) is 0.996. The van der Waals surface area contributed by atoms with Crippen LogP contribution in [0.15, 0.2) is 12.1 Å². The first-order chi connectivity index (χ1) is 7.17. The molecule has 4 heteroatoms. The molecule has 15 heavy (non-hydrogen) atoms. The van der Waals surface area contributed by atoms with Crippen LogP contribution in [0.4, 0.5) is 0 Å². The number of halogens is 1. The molecular weight excluding hydrogens is 274 g/mol. The van der Waals surface area contributed by atoms with Crippen molar-refractivity contribution in [3.05, 3.63) is 21.9 Å². The molecule has 0 radical (unpaired) electrons. The van der Waals surface area contributed by atoms with Crippen molar-refractivity contribution in [3.8, 4) is 0 Å². The summed E-state index contributed by atoms with van der Waals surface area (Å²) in [5, 5.41) is 3.84. The first-order valence-electron chi connectivity index (χ1n) is 5.10. The number of hydrogen-bond acceptors (Lipinski definition) is 2. The van der Waals surface area contributed by atoms with Gasteiger partial charge in [-0.1, -0.05) is 29.8 Å². The van der Waals surface area contributed by atoms with Gasteiger partial charge in [0.2, 0.25) is 0 Å². The molecule has 0 aliphatic carbocycles. The molecule has 1 aromatic heterocycles. The fraction of sp³-hybridized carbons (Fsp3) is 0.545. The largest absolute Gasteiger partial charge is 0.351 e. The minimum Gasteiger partial charge on any atom is -0.351 e. The predicted molar refractivity (Wildman–Crippen MR) is 69.0 cm³/mol. The zero-order valence-electron chi connectivity index (χ0n) is 9.05. The lowest BCUT2D eigenvalue weighted by atomic mass is 10.2. The second-order valence-electron chi connectivity index (χ2n) is 3.59. The van der Waals surface area contributed by atoms with Crippen LogP contribution in [-0.2, 0) is 6.42 Å². The number of alkyl halides is 1. The third kappa shape index (κ3) is 3.95. The van der Waals surface area contributed by atoms with Crippen LogP contribution in [-0.4, -0.2) is 17.8 Å². The maximum atomic E-state index is 11.7. The molecule has 84 valence electrons. The van der Waals surface area contributed by atoms with Gasteiger partial charge in [-0.3, -0.25) is 4.79 Å². The molecule has 0 bridgehead atoms. The average Bonchev–Trinajstić information content (AvgIpc) is 2.73. The highest BCUT2D eigenvalue weighted by atomic mass is 79.9. The van der Waals surface area contributed by atoms with Crippen molar-refractivity contribution in [2.75, 3.05) is 11.9 Å². The van der Waals surface area contributed by atoms with Gasteiger partial charge in [0, 0.05) is 16.8 Å². The average molecular weight is 290 g/mol. The number of aryl methyl sites for hydroxylation is 1. The number of carbonyl (C=O) groups excluding carboxylic acids is 1. The third-order valence-electron chi connectivity index (χ3n) is 2.11. The molecule has 0 aliphatic heterocycles. The number of amides is 1. The fourth-order valence-corrected chi connectivity index (χ4v) is 2.19. The number of carbonyl (C=O) groups is 1. The van der Waals surface area contributed by atoms with E-state index in [1.807, 2.05) is 12.1 Å². The maximum absolute atomic E-state index is 11.7. The van der Waals surface area contributed by atoms with Crippen LogP contribution < -0.4 is 5.32 Å². The van der Waals surface area contributed by atoms with Crippen molar-refractivity contribution < 1.29 is 4.79 Å². The Labute approximate surface area is 103 Å². The van der Waals surface area contributed by atoms with Gasteiger partial charge < -0.3 is 5.32 Å². The topological polar surface area (TPSA) is 29.1 Å². The van der Waals surface area contributed by atoms with E-state index in [2.05, 4.69) is 35.1 Å². The molecule has 1 N–H and O–H groups in total. The van der Waals surface area contributed by atoms with Crippen molar-refractivity contribution in [2.45, 2.75) is 20.3 Å². The predicted octanol–water partition coefficient (Wildman–Crippen LogP) is 3.07. The van der Waals surface area contributed by atoms with Gasteiger partial charge in [-0.15, -0.1) is 11.3 Å². The van der Waals surface area contributed by atoms with Gasteiger partial charge in [0.1, 0.15) is 0 Å². The van der Waals surface area contributed by atoms with Gasteiger partial charge >= 0.3 is 0 Å². The SMILES string of the molecule is CCc1ccc(C(=O)NCC(C)CBr)s1. The molecule has 1 amide bonds. The van der Waals surface area contributed by atoms with Gasteiger partial charge in [-0.05, 0) is 24.5 Å².